The number of alkyl halides is 3. The maximum atomic E-state index is 12.1. The summed E-state index contributed by atoms with van der Waals surface area (Å²) in [5, 5.41) is 1.90. The van der Waals surface area contributed by atoms with Gasteiger partial charge in [0.05, 0.1) is 5.54 Å². The monoisotopic (exact) mass is 281 g/mol. The summed E-state index contributed by atoms with van der Waals surface area (Å²) in [6, 6.07) is -0.711. The molecular weight excluding hydrogens is 259 g/mol. The van der Waals surface area contributed by atoms with Crippen LogP contribution in [0.3, 0.4) is 0 Å². The van der Waals surface area contributed by atoms with Crippen molar-refractivity contribution in [1.29, 1.82) is 0 Å². The number of urea groups is 1. The highest BCUT2D eigenvalue weighted by atomic mass is 19.4. The Morgan fingerprint density at radius 2 is 1.95 bits per heavy atom. The number of nitrogens with one attached hydrogen (secondary N) is 1. The molecule has 1 saturated carbocycles. The van der Waals surface area contributed by atoms with Gasteiger partial charge < -0.3 is 16.0 Å². The number of carbonyl (C=O) groups is 1. The number of nitrogens with zero attached hydrogens (tertiary/aromatic N) is 1. The average molecular weight is 281 g/mol. The van der Waals surface area contributed by atoms with E-state index in [9.17, 15) is 18.0 Å². The van der Waals surface area contributed by atoms with Crippen molar-refractivity contribution in [1.82, 2.24) is 10.2 Å². The van der Waals surface area contributed by atoms with E-state index in [1.165, 1.54) is 11.9 Å². The number of halogens is 3. The molecule has 1 aliphatic rings. The molecule has 1 rings (SSSR count). The summed E-state index contributed by atoms with van der Waals surface area (Å²) < 4.78 is 36.3. The number of rotatable bonds is 3. The van der Waals surface area contributed by atoms with E-state index in [0.29, 0.717) is 5.92 Å². The van der Waals surface area contributed by atoms with Crippen LogP contribution in [-0.2, 0) is 0 Å². The van der Waals surface area contributed by atoms with E-state index in [1.54, 1.807) is 0 Å². The zero-order valence-corrected chi connectivity index (χ0v) is 11.4. The van der Waals surface area contributed by atoms with Crippen LogP contribution in [0.15, 0.2) is 0 Å². The summed E-state index contributed by atoms with van der Waals surface area (Å²) in [6.07, 6.45) is -1.04. The van der Waals surface area contributed by atoms with E-state index in [1.807, 2.05) is 5.32 Å². The van der Waals surface area contributed by atoms with Crippen LogP contribution in [-0.4, -0.2) is 42.8 Å². The van der Waals surface area contributed by atoms with Gasteiger partial charge in [0.1, 0.15) is 6.54 Å². The molecule has 19 heavy (non-hydrogen) atoms. The normalized spacial score (nSPS) is 28.0. The lowest BCUT2D eigenvalue weighted by atomic mass is 9.76. The van der Waals surface area contributed by atoms with Gasteiger partial charge in [-0.3, -0.25) is 0 Å². The van der Waals surface area contributed by atoms with Crippen molar-refractivity contribution in [3.63, 3.8) is 0 Å². The number of likely N-dealkylation sites (N-methyl/N-ethyl adjacent to an activating group) is 1. The van der Waals surface area contributed by atoms with Crippen LogP contribution in [0, 0.1) is 5.92 Å². The van der Waals surface area contributed by atoms with E-state index >= 15 is 0 Å². The standard InChI is InChI=1S/C12H22F3N3O/c1-9-3-5-11(7-16,6-4-9)18(2)10(19)17-8-12(13,14)15/h9H,3-8,16H2,1-2H3,(H,17,19). The van der Waals surface area contributed by atoms with E-state index < -0.39 is 24.3 Å². The summed E-state index contributed by atoms with van der Waals surface area (Å²) >= 11 is 0. The number of amides is 2. The number of carbonyl (C=O) groups excluding carboxylic acids is 1. The zero-order chi connectivity index (χ0) is 14.7. The molecule has 0 aromatic heterocycles. The topological polar surface area (TPSA) is 58.4 Å². The highest BCUT2D eigenvalue weighted by molar-refractivity contribution is 5.74. The van der Waals surface area contributed by atoms with Crippen molar-refractivity contribution in [2.45, 2.75) is 44.3 Å². The van der Waals surface area contributed by atoms with Crippen molar-refractivity contribution in [3.05, 3.63) is 0 Å². The first-order chi connectivity index (χ1) is 8.70. The molecule has 112 valence electrons. The molecule has 3 N–H and O–H groups in total. The Labute approximate surface area is 111 Å². The molecule has 0 unspecified atom stereocenters. The van der Waals surface area contributed by atoms with Crippen molar-refractivity contribution in [2.24, 2.45) is 11.7 Å². The molecule has 0 aromatic rings. The second-order valence-corrected chi connectivity index (χ2v) is 5.44. The van der Waals surface area contributed by atoms with Gasteiger partial charge in [0.25, 0.3) is 0 Å². The Kier molecular flexibility index (Phi) is 5.06. The van der Waals surface area contributed by atoms with Crippen LogP contribution < -0.4 is 11.1 Å². The summed E-state index contributed by atoms with van der Waals surface area (Å²) in [4.78, 5) is 13.1. The van der Waals surface area contributed by atoms with E-state index in [2.05, 4.69) is 6.92 Å². The summed E-state index contributed by atoms with van der Waals surface area (Å²) in [6.45, 7) is 1.09. The second kappa shape index (κ2) is 5.98. The molecule has 4 nitrogen and oxygen atoms in total. The molecule has 1 fully saturated rings. The first-order valence-corrected chi connectivity index (χ1v) is 6.49. The quantitative estimate of drug-likeness (QED) is 0.832. The van der Waals surface area contributed by atoms with Crippen molar-refractivity contribution < 1.29 is 18.0 Å². The largest absolute Gasteiger partial charge is 0.405 e. The zero-order valence-electron chi connectivity index (χ0n) is 11.4. The maximum absolute atomic E-state index is 12.1. The van der Waals surface area contributed by atoms with Gasteiger partial charge in [-0.15, -0.1) is 0 Å². The molecule has 0 aromatic carbocycles. The van der Waals surface area contributed by atoms with Gasteiger partial charge in [0.15, 0.2) is 0 Å². The predicted molar refractivity (Wildman–Crippen MR) is 66.6 cm³/mol. The Bertz CT molecular complexity index is 312. The molecule has 0 bridgehead atoms. The lowest BCUT2D eigenvalue weighted by molar-refractivity contribution is -0.123. The van der Waals surface area contributed by atoms with Crippen LogP contribution in [0.1, 0.15) is 32.6 Å². The van der Waals surface area contributed by atoms with Gasteiger partial charge in [0.2, 0.25) is 0 Å². The fourth-order valence-electron chi connectivity index (χ4n) is 2.49. The molecule has 0 atom stereocenters. The Balaban J connectivity index is 2.63. The lowest BCUT2D eigenvalue weighted by Gasteiger charge is -2.45. The highest BCUT2D eigenvalue weighted by Crippen LogP contribution is 2.35. The van der Waals surface area contributed by atoms with Gasteiger partial charge in [0, 0.05) is 13.6 Å². The smallest absolute Gasteiger partial charge is 0.329 e. The number of hydrogen-bond donors (Lipinski definition) is 2. The molecule has 1 aliphatic carbocycles. The fraction of sp³-hybridized carbons (Fsp3) is 0.917. The summed E-state index contributed by atoms with van der Waals surface area (Å²) in [7, 11) is 1.52. The van der Waals surface area contributed by atoms with Crippen molar-refractivity contribution >= 4 is 6.03 Å². The third-order valence-electron chi connectivity index (χ3n) is 4.04. The first-order valence-electron chi connectivity index (χ1n) is 6.49. The Morgan fingerprint density at radius 3 is 2.37 bits per heavy atom. The predicted octanol–water partition coefficient (Wildman–Crippen LogP) is 2.10. The first kappa shape index (κ1) is 16.1. The molecule has 0 spiro atoms. The summed E-state index contributed by atoms with van der Waals surface area (Å²) in [5.41, 5.74) is 5.25. The third kappa shape index (κ3) is 4.26. The molecular formula is C12H22F3N3O. The minimum atomic E-state index is -4.40. The highest BCUT2D eigenvalue weighted by Gasteiger charge is 2.39. The van der Waals surface area contributed by atoms with Crippen LogP contribution in [0.2, 0.25) is 0 Å². The van der Waals surface area contributed by atoms with Crippen LogP contribution in [0.5, 0.6) is 0 Å². The van der Waals surface area contributed by atoms with Gasteiger partial charge >= 0.3 is 12.2 Å². The Hall–Kier alpha value is -0.980. The molecule has 0 radical (unpaired) electrons. The molecule has 0 heterocycles. The Morgan fingerprint density at radius 1 is 1.42 bits per heavy atom. The molecule has 0 saturated heterocycles. The van der Waals surface area contributed by atoms with Crippen LogP contribution in [0.25, 0.3) is 0 Å². The lowest BCUT2D eigenvalue weighted by Crippen LogP contribution is -2.59. The number of nitrogens with two attached hydrogens (primary N) is 1. The SMILES string of the molecule is CC1CCC(CN)(N(C)C(=O)NCC(F)(F)F)CC1. The van der Waals surface area contributed by atoms with Gasteiger partial charge in [-0.1, -0.05) is 6.92 Å². The molecule has 0 aliphatic heterocycles. The van der Waals surface area contributed by atoms with Gasteiger partial charge in [-0.05, 0) is 31.6 Å². The van der Waals surface area contributed by atoms with E-state index in [0.717, 1.165) is 25.7 Å². The van der Waals surface area contributed by atoms with Gasteiger partial charge in [-0.25, -0.2) is 4.79 Å². The van der Waals surface area contributed by atoms with Gasteiger partial charge in [-0.2, -0.15) is 13.2 Å². The summed E-state index contributed by atoms with van der Waals surface area (Å²) in [5.74, 6) is 0.575. The van der Waals surface area contributed by atoms with E-state index in [-0.39, 0.29) is 6.54 Å². The minimum absolute atomic E-state index is 0.273. The number of hydrogen-bond acceptors (Lipinski definition) is 2. The van der Waals surface area contributed by atoms with Crippen molar-refractivity contribution in [2.75, 3.05) is 20.1 Å². The molecule has 2 amide bonds. The third-order valence-corrected chi connectivity index (χ3v) is 4.04. The average Bonchev–Trinajstić information content (AvgIpc) is 2.35. The fourth-order valence-corrected chi connectivity index (χ4v) is 2.49. The van der Waals surface area contributed by atoms with Crippen LogP contribution >= 0.6 is 0 Å². The van der Waals surface area contributed by atoms with Crippen molar-refractivity contribution in [3.8, 4) is 0 Å². The van der Waals surface area contributed by atoms with E-state index in [4.69, 9.17) is 5.73 Å². The molecule has 7 heteroatoms. The van der Waals surface area contributed by atoms with Crippen LogP contribution in [0.4, 0.5) is 18.0 Å². The maximum Gasteiger partial charge on any atom is 0.405 e. The second-order valence-electron chi connectivity index (χ2n) is 5.44. The minimum Gasteiger partial charge on any atom is -0.329 e.